The van der Waals surface area contributed by atoms with Crippen molar-refractivity contribution in [3.63, 3.8) is 0 Å². The van der Waals surface area contributed by atoms with Crippen molar-refractivity contribution >= 4 is 23.3 Å². The summed E-state index contributed by atoms with van der Waals surface area (Å²) in [4.78, 5) is 38.4. The van der Waals surface area contributed by atoms with Gasteiger partial charge in [-0.15, -0.1) is 0 Å². The van der Waals surface area contributed by atoms with E-state index in [9.17, 15) is 14.4 Å². The first-order valence-corrected chi connectivity index (χ1v) is 9.92. The number of hydrogen-bond acceptors (Lipinski definition) is 5. The van der Waals surface area contributed by atoms with Gasteiger partial charge in [0.25, 0.3) is 0 Å². The van der Waals surface area contributed by atoms with Gasteiger partial charge >= 0.3 is 0 Å². The predicted molar refractivity (Wildman–Crippen MR) is 111 cm³/mol. The van der Waals surface area contributed by atoms with Crippen LogP contribution in [0.2, 0.25) is 0 Å². The zero-order valence-electron chi connectivity index (χ0n) is 17.1. The van der Waals surface area contributed by atoms with Gasteiger partial charge in [-0.05, 0) is 35.9 Å². The van der Waals surface area contributed by atoms with Crippen molar-refractivity contribution in [2.24, 2.45) is 0 Å². The molecule has 0 bridgehead atoms. The summed E-state index contributed by atoms with van der Waals surface area (Å²) >= 11 is 0. The maximum Gasteiger partial charge on any atom is 0.227 e. The van der Waals surface area contributed by atoms with Crippen LogP contribution >= 0.6 is 0 Å². The summed E-state index contributed by atoms with van der Waals surface area (Å²) in [5.74, 6) is 1.04. The monoisotopic (exact) mass is 408 g/mol. The molecule has 1 unspecified atom stereocenters. The van der Waals surface area contributed by atoms with E-state index in [1.165, 1.54) is 6.92 Å². The van der Waals surface area contributed by atoms with Gasteiger partial charge in [0.2, 0.25) is 11.8 Å². The van der Waals surface area contributed by atoms with E-state index in [4.69, 9.17) is 9.47 Å². The second-order valence-electron chi connectivity index (χ2n) is 7.87. The first-order valence-electron chi connectivity index (χ1n) is 9.92. The molecule has 0 radical (unpaired) electrons. The van der Waals surface area contributed by atoms with Crippen LogP contribution in [0.5, 0.6) is 11.5 Å². The lowest BCUT2D eigenvalue weighted by atomic mass is 9.89. The number of fused-ring (bicyclic) bond motifs is 1. The summed E-state index contributed by atoms with van der Waals surface area (Å²) in [5, 5.41) is 2.71. The Morgan fingerprint density at radius 3 is 2.67 bits per heavy atom. The standard InChI is InChI=1S/C23H24N2O5/c1-15(26)24-17-5-3-16(4-6-17)11-22(28)25-10-9-23(14-25)13-20(27)19-12-18(29-2)7-8-21(19)30-23/h3-8,12H,9-11,13-14H2,1-2H3,(H,24,26). The summed E-state index contributed by atoms with van der Waals surface area (Å²) in [6.45, 7) is 2.40. The second kappa shape index (κ2) is 7.82. The van der Waals surface area contributed by atoms with Crippen molar-refractivity contribution in [1.82, 2.24) is 4.90 Å². The first kappa shape index (κ1) is 19.9. The highest BCUT2D eigenvalue weighted by atomic mass is 16.5. The molecule has 2 aromatic carbocycles. The molecule has 2 heterocycles. The number of Topliss-reactive ketones (excluding diaryl/α,β-unsaturated/α-hetero) is 1. The van der Waals surface area contributed by atoms with Gasteiger partial charge in [0, 0.05) is 25.6 Å². The van der Waals surface area contributed by atoms with Gasteiger partial charge in [-0.2, -0.15) is 0 Å². The van der Waals surface area contributed by atoms with Crippen molar-refractivity contribution < 1.29 is 23.9 Å². The molecule has 2 aliphatic heterocycles. The molecule has 1 saturated heterocycles. The van der Waals surface area contributed by atoms with Gasteiger partial charge < -0.3 is 19.7 Å². The number of methoxy groups -OCH3 is 1. The van der Waals surface area contributed by atoms with Crippen molar-refractivity contribution in [3.05, 3.63) is 53.6 Å². The first-order chi connectivity index (χ1) is 14.4. The number of nitrogens with zero attached hydrogens (tertiary/aromatic N) is 1. The SMILES string of the molecule is COc1ccc2c(c1)C(=O)CC1(CCN(C(=O)Cc3ccc(NC(C)=O)cc3)C1)O2. The number of nitrogens with one attached hydrogen (secondary N) is 1. The third-order valence-corrected chi connectivity index (χ3v) is 5.60. The van der Waals surface area contributed by atoms with E-state index >= 15 is 0 Å². The zero-order chi connectivity index (χ0) is 21.3. The zero-order valence-corrected chi connectivity index (χ0v) is 17.1. The van der Waals surface area contributed by atoms with Gasteiger partial charge in [0.05, 0.1) is 32.1 Å². The van der Waals surface area contributed by atoms with E-state index in [1.807, 2.05) is 12.1 Å². The Morgan fingerprint density at radius 2 is 1.97 bits per heavy atom. The van der Waals surface area contributed by atoms with E-state index in [0.717, 1.165) is 5.56 Å². The molecule has 2 aliphatic rings. The Hall–Kier alpha value is -3.35. The van der Waals surface area contributed by atoms with Crippen molar-refractivity contribution in [3.8, 4) is 11.5 Å². The lowest BCUT2D eigenvalue weighted by Gasteiger charge is -2.34. The minimum atomic E-state index is -0.663. The summed E-state index contributed by atoms with van der Waals surface area (Å²) in [6, 6.07) is 12.5. The summed E-state index contributed by atoms with van der Waals surface area (Å²) in [7, 11) is 1.56. The number of rotatable bonds is 4. The van der Waals surface area contributed by atoms with Gasteiger partial charge in [0.15, 0.2) is 5.78 Å². The van der Waals surface area contributed by atoms with Crippen molar-refractivity contribution in [2.45, 2.75) is 31.8 Å². The fourth-order valence-electron chi connectivity index (χ4n) is 4.08. The van der Waals surface area contributed by atoms with E-state index in [-0.39, 0.29) is 30.4 Å². The number of anilines is 1. The minimum Gasteiger partial charge on any atom is -0.497 e. The Labute approximate surface area is 175 Å². The summed E-state index contributed by atoms with van der Waals surface area (Å²) < 4.78 is 11.4. The van der Waals surface area contributed by atoms with E-state index in [1.54, 1.807) is 42.3 Å². The molecule has 2 aromatic rings. The predicted octanol–water partition coefficient (Wildman–Crippen LogP) is 2.83. The van der Waals surface area contributed by atoms with Crippen LogP contribution in [0.4, 0.5) is 5.69 Å². The van der Waals surface area contributed by atoms with Crippen LogP contribution in [0.25, 0.3) is 0 Å². The molecule has 7 nitrogen and oxygen atoms in total. The molecular weight excluding hydrogens is 384 g/mol. The molecule has 0 saturated carbocycles. The number of amides is 2. The third-order valence-electron chi connectivity index (χ3n) is 5.60. The Morgan fingerprint density at radius 1 is 1.20 bits per heavy atom. The average Bonchev–Trinajstić information content (AvgIpc) is 3.12. The molecule has 156 valence electrons. The van der Waals surface area contributed by atoms with Gasteiger partial charge in [-0.25, -0.2) is 0 Å². The maximum absolute atomic E-state index is 12.8. The van der Waals surface area contributed by atoms with E-state index in [2.05, 4.69) is 5.32 Å². The topological polar surface area (TPSA) is 84.9 Å². The van der Waals surface area contributed by atoms with Crippen LogP contribution in [0.1, 0.15) is 35.7 Å². The normalized spacial score (nSPS) is 19.9. The molecule has 1 atom stereocenters. The van der Waals surface area contributed by atoms with Crippen molar-refractivity contribution in [2.75, 3.05) is 25.5 Å². The number of benzene rings is 2. The molecule has 0 aliphatic carbocycles. The molecule has 2 amide bonds. The van der Waals surface area contributed by atoms with Crippen LogP contribution in [-0.2, 0) is 16.0 Å². The Balaban J connectivity index is 1.42. The smallest absolute Gasteiger partial charge is 0.227 e. The molecule has 30 heavy (non-hydrogen) atoms. The molecule has 7 heteroatoms. The summed E-state index contributed by atoms with van der Waals surface area (Å²) in [5.41, 5.74) is 1.43. The quantitative estimate of drug-likeness (QED) is 0.841. The molecule has 1 N–H and O–H groups in total. The lowest BCUT2D eigenvalue weighted by Crippen LogP contribution is -2.45. The number of hydrogen-bond donors (Lipinski definition) is 1. The highest BCUT2D eigenvalue weighted by Crippen LogP contribution is 2.40. The third kappa shape index (κ3) is 4.01. The number of likely N-dealkylation sites (tertiary alicyclic amines) is 1. The highest BCUT2D eigenvalue weighted by Gasteiger charge is 2.47. The number of ketones is 1. The van der Waals surface area contributed by atoms with Gasteiger partial charge in [-0.1, -0.05) is 12.1 Å². The van der Waals surface area contributed by atoms with Gasteiger partial charge in [-0.3, -0.25) is 14.4 Å². The largest absolute Gasteiger partial charge is 0.497 e. The fraction of sp³-hybridized carbons (Fsp3) is 0.348. The second-order valence-corrected chi connectivity index (χ2v) is 7.87. The molecular formula is C23H24N2O5. The van der Waals surface area contributed by atoms with Crippen molar-refractivity contribution in [1.29, 1.82) is 0 Å². The Kier molecular flexibility index (Phi) is 5.20. The number of carbonyl (C=O) groups is 3. The van der Waals surface area contributed by atoms with Gasteiger partial charge in [0.1, 0.15) is 17.1 Å². The number of carbonyl (C=O) groups excluding carboxylic acids is 3. The van der Waals surface area contributed by atoms with E-state index in [0.29, 0.717) is 42.3 Å². The van der Waals surface area contributed by atoms with Crippen LogP contribution < -0.4 is 14.8 Å². The average molecular weight is 408 g/mol. The van der Waals surface area contributed by atoms with Crippen LogP contribution in [0, 0.1) is 0 Å². The van der Waals surface area contributed by atoms with Crippen LogP contribution in [-0.4, -0.2) is 48.3 Å². The number of ether oxygens (including phenoxy) is 2. The van der Waals surface area contributed by atoms with Crippen LogP contribution in [0.3, 0.4) is 0 Å². The fourth-order valence-corrected chi connectivity index (χ4v) is 4.08. The Bertz CT molecular complexity index is 1000. The minimum absolute atomic E-state index is 0.00395. The molecule has 1 spiro atoms. The molecule has 4 rings (SSSR count). The van der Waals surface area contributed by atoms with E-state index < -0.39 is 5.60 Å². The highest BCUT2D eigenvalue weighted by molar-refractivity contribution is 6.01. The summed E-state index contributed by atoms with van der Waals surface area (Å²) in [6.07, 6.45) is 1.14. The lowest BCUT2D eigenvalue weighted by molar-refractivity contribution is -0.130. The van der Waals surface area contributed by atoms with Crippen LogP contribution in [0.15, 0.2) is 42.5 Å². The molecule has 0 aromatic heterocycles. The maximum atomic E-state index is 12.8. The molecule has 1 fully saturated rings.